The standard InChI is InChI=1S/C18H35NO3/c1-15(13-22-17(2,3)4)7-8-16(21)19-12-11-18(14-20)9-5-6-10-18/h15,20H,5-14H2,1-4H3,(H,19,21). The van der Waals surface area contributed by atoms with Gasteiger partial charge in [-0.3, -0.25) is 4.79 Å². The first kappa shape index (κ1) is 19.4. The largest absolute Gasteiger partial charge is 0.396 e. The Morgan fingerprint density at radius 1 is 1.32 bits per heavy atom. The summed E-state index contributed by atoms with van der Waals surface area (Å²) in [4.78, 5) is 11.9. The number of aliphatic hydroxyl groups is 1. The molecule has 1 rings (SSSR count). The van der Waals surface area contributed by atoms with Gasteiger partial charge in [0, 0.05) is 26.2 Å². The first-order valence-corrected chi connectivity index (χ1v) is 8.78. The second-order valence-electron chi connectivity index (χ2n) is 8.03. The highest BCUT2D eigenvalue weighted by molar-refractivity contribution is 5.75. The van der Waals surface area contributed by atoms with Gasteiger partial charge in [-0.2, -0.15) is 0 Å². The van der Waals surface area contributed by atoms with E-state index in [4.69, 9.17) is 4.74 Å². The Hall–Kier alpha value is -0.610. The van der Waals surface area contributed by atoms with Crippen molar-refractivity contribution in [3.63, 3.8) is 0 Å². The Morgan fingerprint density at radius 2 is 1.95 bits per heavy atom. The summed E-state index contributed by atoms with van der Waals surface area (Å²) < 4.78 is 5.74. The third kappa shape index (κ3) is 7.59. The lowest BCUT2D eigenvalue weighted by Gasteiger charge is -2.26. The van der Waals surface area contributed by atoms with Gasteiger partial charge < -0.3 is 15.2 Å². The molecule has 1 aliphatic rings. The van der Waals surface area contributed by atoms with Crippen LogP contribution in [0, 0.1) is 11.3 Å². The number of nitrogens with one attached hydrogen (secondary N) is 1. The van der Waals surface area contributed by atoms with E-state index in [1.807, 2.05) is 20.8 Å². The molecule has 1 unspecified atom stereocenters. The molecule has 1 amide bonds. The molecule has 0 aromatic rings. The average Bonchev–Trinajstić information content (AvgIpc) is 2.91. The van der Waals surface area contributed by atoms with Crippen LogP contribution >= 0.6 is 0 Å². The minimum Gasteiger partial charge on any atom is -0.396 e. The molecular formula is C18H35NO3. The third-order valence-corrected chi connectivity index (χ3v) is 4.64. The lowest BCUT2D eigenvalue weighted by molar-refractivity contribution is -0.121. The lowest BCUT2D eigenvalue weighted by Crippen LogP contribution is -2.31. The van der Waals surface area contributed by atoms with Gasteiger partial charge in [0.05, 0.1) is 5.60 Å². The van der Waals surface area contributed by atoms with Crippen molar-refractivity contribution in [1.29, 1.82) is 0 Å². The number of hydrogen-bond acceptors (Lipinski definition) is 3. The van der Waals surface area contributed by atoms with Crippen LogP contribution < -0.4 is 5.32 Å². The minimum absolute atomic E-state index is 0.0706. The monoisotopic (exact) mass is 313 g/mol. The maximum atomic E-state index is 11.9. The zero-order valence-corrected chi connectivity index (χ0v) is 14.9. The Morgan fingerprint density at radius 3 is 2.50 bits per heavy atom. The summed E-state index contributed by atoms with van der Waals surface area (Å²) in [5.41, 5.74) is -0.0441. The minimum atomic E-state index is -0.115. The highest BCUT2D eigenvalue weighted by Gasteiger charge is 2.32. The normalized spacial score (nSPS) is 19.1. The van der Waals surface area contributed by atoms with Crippen LogP contribution in [0.2, 0.25) is 0 Å². The topological polar surface area (TPSA) is 58.6 Å². The molecule has 0 bridgehead atoms. The molecule has 0 aromatic heterocycles. The van der Waals surface area contributed by atoms with Gasteiger partial charge in [-0.15, -0.1) is 0 Å². The Balaban J connectivity index is 2.13. The summed E-state index contributed by atoms with van der Waals surface area (Å²) in [5, 5.41) is 12.6. The van der Waals surface area contributed by atoms with Crippen LogP contribution in [0.15, 0.2) is 0 Å². The number of ether oxygens (including phenoxy) is 1. The lowest BCUT2D eigenvalue weighted by atomic mass is 9.84. The first-order chi connectivity index (χ1) is 10.3. The van der Waals surface area contributed by atoms with E-state index in [0.717, 1.165) is 25.7 Å². The first-order valence-electron chi connectivity index (χ1n) is 8.78. The molecular weight excluding hydrogens is 278 g/mol. The number of rotatable bonds is 9. The van der Waals surface area contributed by atoms with E-state index in [2.05, 4.69) is 12.2 Å². The second kappa shape index (κ2) is 8.88. The van der Waals surface area contributed by atoms with Gasteiger partial charge in [-0.1, -0.05) is 19.8 Å². The Labute approximate surface area is 136 Å². The summed E-state index contributed by atoms with van der Waals surface area (Å²) in [7, 11) is 0. The molecule has 1 saturated carbocycles. The van der Waals surface area contributed by atoms with E-state index in [1.165, 1.54) is 12.8 Å². The fourth-order valence-electron chi connectivity index (χ4n) is 3.02. The van der Waals surface area contributed by atoms with Gasteiger partial charge in [0.1, 0.15) is 0 Å². The van der Waals surface area contributed by atoms with Crippen molar-refractivity contribution in [3.8, 4) is 0 Å². The molecule has 22 heavy (non-hydrogen) atoms. The molecule has 4 nitrogen and oxygen atoms in total. The second-order valence-corrected chi connectivity index (χ2v) is 8.03. The number of amides is 1. The summed E-state index contributed by atoms with van der Waals surface area (Å²) in [6.07, 6.45) is 6.92. The van der Waals surface area contributed by atoms with Crippen LogP contribution in [0.5, 0.6) is 0 Å². The van der Waals surface area contributed by atoms with E-state index in [1.54, 1.807) is 0 Å². The molecule has 0 aliphatic heterocycles. The highest BCUT2D eigenvalue weighted by Crippen LogP contribution is 2.40. The molecule has 1 fully saturated rings. The third-order valence-electron chi connectivity index (χ3n) is 4.64. The molecule has 130 valence electrons. The van der Waals surface area contributed by atoms with Crippen LogP contribution in [-0.4, -0.2) is 36.4 Å². The average molecular weight is 313 g/mol. The van der Waals surface area contributed by atoms with Crippen LogP contribution in [0.1, 0.15) is 72.6 Å². The number of carbonyl (C=O) groups excluding carboxylic acids is 1. The van der Waals surface area contributed by atoms with Crippen LogP contribution in [0.3, 0.4) is 0 Å². The fourth-order valence-corrected chi connectivity index (χ4v) is 3.02. The van der Waals surface area contributed by atoms with Crippen molar-refractivity contribution in [1.82, 2.24) is 5.32 Å². The molecule has 0 aromatic carbocycles. The van der Waals surface area contributed by atoms with Crippen LogP contribution in [-0.2, 0) is 9.53 Å². The van der Waals surface area contributed by atoms with Gasteiger partial charge in [-0.05, 0) is 57.8 Å². The smallest absolute Gasteiger partial charge is 0.220 e. The Bertz CT molecular complexity index is 330. The SMILES string of the molecule is CC(CCC(=O)NCCC1(CO)CCCC1)COC(C)(C)C. The van der Waals surface area contributed by atoms with Crippen molar-refractivity contribution in [2.45, 2.75) is 78.2 Å². The maximum absolute atomic E-state index is 11.9. The van der Waals surface area contributed by atoms with E-state index >= 15 is 0 Å². The number of aliphatic hydroxyl groups excluding tert-OH is 1. The van der Waals surface area contributed by atoms with E-state index in [-0.39, 0.29) is 23.5 Å². The van der Waals surface area contributed by atoms with E-state index < -0.39 is 0 Å². The van der Waals surface area contributed by atoms with E-state index in [0.29, 0.717) is 25.5 Å². The predicted molar refractivity (Wildman–Crippen MR) is 89.7 cm³/mol. The molecule has 0 saturated heterocycles. The van der Waals surface area contributed by atoms with Gasteiger partial charge >= 0.3 is 0 Å². The van der Waals surface area contributed by atoms with E-state index in [9.17, 15) is 9.90 Å². The van der Waals surface area contributed by atoms with Crippen molar-refractivity contribution >= 4 is 5.91 Å². The zero-order chi connectivity index (χ0) is 16.6. The molecule has 4 heteroatoms. The predicted octanol–water partition coefficient (Wildman–Crippen LogP) is 3.28. The fraction of sp³-hybridized carbons (Fsp3) is 0.944. The van der Waals surface area contributed by atoms with Crippen molar-refractivity contribution < 1.29 is 14.6 Å². The van der Waals surface area contributed by atoms with Crippen molar-refractivity contribution in [2.75, 3.05) is 19.8 Å². The molecule has 1 atom stereocenters. The summed E-state index contributed by atoms with van der Waals surface area (Å²) in [5.74, 6) is 0.511. The van der Waals surface area contributed by atoms with Crippen molar-refractivity contribution in [3.05, 3.63) is 0 Å². The quantitative estimate of drug-likeness (QED) is 0.687. The highest BCUT2D eigenvalue weighted by atomic mass is 16.5. The number of hydrogen-bond donors (Lipinski definition) is 2. The van der Waals surface area contributed by atoms with Crippen LogP contribution in [0.25, 0.3) is 0 Å². The molecule has 0 heterocycles. The molecule has 0 spiro atoms. The molecule has 1 aliphatic carbocycles. The Kier molecular flexibility index (Phi) is 7.84. The van der Waals surface area contributed by atoms with Crippen LogP contribution in [0.4, 0.5) is 0 Å². The van der Waals surface area contributed by atoms with Gasteiger partial charge in [0.25, 0.3) is 0 Å². The summed E-state index contributed by atoms with van der Waals surface area (Å²) in [6, 6.07) is 0. The maximum Gasteiger partial charge on any atom is 0.220 e. The summed E-state index contributed by atoms with van der Waals surface area (Å²) in [6.45, 7) is 9.91. The molecule has 0 radical (unpaired) electrons. The van der Waals surface area contributed by atoms with Gasteiger partial charge in [-0.25, -0.2) is 0 Å². The number of carbonyl (C=O) groups is 1. The van der Waals surface area contributed by atoms with Crippen molar-refractivity contribution in [2.24, 2.45) is 11.3 Å². The van der Waals surface area contributed by atoms with Gasteiger partial charge in [0.15, 0.2) is 0 Å². The summed E-state index contributed by atoms with van der Waals surface area (Å²) >= 11 is 0. The zero-order valence-electron chi connectivity index (χ0n) is 14.9. The molecule has 2 N–H and O–H groups in total. The van der Waals surface area contributed by atoms with Gasteiger partial charge in [0.2, 0.25) is 5.91 Å².